The Hall–Kier alpha value is -1.56. The van der Waals surface area contributed by atoms with E-state index in [0.717, 1.165) is 0 Å². The predicted molar refractivity (Wildman–Crippen MR) is 53.2 cm³/mol. The number of carbonyl (C=O) groups is 1. The Kier molecular flexibility index (Phi) is 2.59. The molecule has 0 bridgehead atoms. The molecule has 0 fully saturated rings. The maximum absolute atomic E-state index is 10.4. The standard InChI is InChI=1S/C9H6BrNO4/c10-7-2-1-6(15-7)9-11-4-5(14-9)3-8(12)13/h1-2,4H,3H2,(H,12,13). The fourth-order valence-electron chi connectivity index (χ4n) is 1.08. The van der Waals surface area contributed by atoms with Crippen LogP contribution in [0.3, 0.4) is 0 Å². The lowest BCUT2D eigenvalue weighted by Gasteiger charge is -1.89. The Balaban J connectivity index is 2.23. The first kappa shape index (κ1) is 9.97. The molecule has 5 nitrogen and oxygen atoms in total. The highest BCUT2D eigenvalue weighted by atomic mass is 79.9. The average molecular weight is 272 g/mol. The van der Waals surface area contributed by atoms with E-state index in [9.17, 15) is 4.79 Å². The SMILES string of the molecule is O=C(O)Cc1cnc(-c2ccc(Br)o2)o1. The van der Waals surface area contributed by atoms with E-state index in [0.29, 0.717) is 16.2 Å². The van der Waals surface area contributed by atoms with E-state index < -0.39 is 5.97 Å². The van der Waals surface area contributed by atoms with Crippen LogP contribution in [0.25, 0.3) is 11.7 Å². The second-order valence-electron chi connectivity index (χ2n) is 2.81. The first-order chi connectivity index (χ1) is 7.15. The molecular weight excluding hydrogens is 266 g/mol. The highest BCUT2D eigenvalue weighted by molar-refractivity contribution is 9.10. The van der Waals surface area contributed by atoms with Crippen LogP contribution < -0.4 is 0 Å². The fraction of sp³-hybridized carbons (Fsp3) is 0.111. The van der Waals surface area contributed by atoms with Gasteiger partial charge in [-0.3, -0.25) is 4.79 Å². The van der Waals surface area contributed by atoms with E-state index in [4.69, 9.17) is 13.9 Å². The van der Waals surface area contributed by atoms with Crippen molar-refractivity contribution in [2.75, 3.05) is 0 Å². The van der Waals surface area contributed by atoms with Crippen LogP contribution >= 0.6 is 15.9 Å². The first-order valence-corrected chi connectivity index (χ1v) is 4.86. The van der Waals surface area contributed by atoms with Crippen LogP contribution in [0.5, 0.6) is 0 Å². The molecule has 2 aromatic heterocycles. The lowest BCUT2D eigenvalue weighted by Crippen LogP contribution is -1.97. The van der Waals surface area contributed by atoms with Gasteiger partial charge in [0.25, 0.3) is 5.89 Å². The number of halogens is 1. The molecule has 0 aliphatic carbocycles. The molecule has 0 aliphatic rings. The lowest BCUT2D eigenvalue weighted by atomic mass is 10.4. The predicted octanol–water partition coefficient (Wildman–Crippen LogP) is 2.32. The summed E-state index contributed by atoms with van der Waals surface area (Å²) in [6.07, 6.45) is 1.19. The van der Waals surface area contributed by atoms with Crippen molar-refractivity contribution in [2.24, 2.45) is 0 Å². The molecule has 0 unspecified atom stereocenters. The molecule has 1 N–H and O–H groups in total. The van der Waals surface area contributed by atoms with Gasteiger partial charge in [0.15, 0.2) is 10.4 Å². The number of hydrogen-bond donors (Lipinski definition) is 1. The Labute approximate surface area is 92.8 Å². The zero-order valence-corrected chi connectivity index (χ0v) is 9.02. The summed E-state index contributed by atoms with van der Waals surface area (Å²) in [5.41, 5.74) is 0. The summed E-state index contributed by atoms with van der Waals surface area (Å²) in [4.78, 5) is 14.3. The van der Waals surface area contributed by atoms with Crippen molar-refractivity contribution in [3.63, 3.8) is 0 Å². The molecule has 2 aromatic rings. The van der Waals surface area contributed by atoms with Gasteiger partial charge in [-0.25, -0.2) is 4.98 Å². The molecule has 78 valence electrons. The van der Waals surface area contributed by atoms with Gasteiger partial charge in [0.05, 0.1) is 6.20 Å². The number of hydrogen-bond acceptors (Lipinski definition) is 4. The summed E-state index contributed by atoms with van der Waals surface area (Å²) in [6, 6.07) is 3.39. The summed E-state index contributed by atoms with van der Waals surface area (Å²) in [5.74, 6) is 0.0683. The van der Waals surface area contributed by atoms with Crippen molar-refractivity contribution in [2.45, 2.75) is 6.42 Å². The molecule has 0 aliphatic heterocycles. The highest BCUT2D eigenvalue weighted by Crippen LogP contribution is 2.24. The van der Waals surface area contributed by atoms with Crippen LogP contribution in [0.1, 0.15) is 5.76 Å². The fourth-order valence-corrected chi connectivity index (χ4v) is 1.39. The molecule has 2 heterocycles. The molecule has 2 rings (SSSR count). The molecule has 6 heteroatoms. The van der Waals surface area contributed by atoms with E-state index in [1.165, 1.54) is 6.20 Å². The quantitative estimate of drug-likeness (QED) is 0.927. The van der Waals surface area contributed by atoms with Crippen LogP contribution in [0.15, 0.2) is 31.8 Å². The normalized spacial score (nSPS) is 10.5. The third-order valence-corrected chi connectivity index (χ3v) is 2.09. The Morgan fingerprint density at radius 3 is 2.87 bits per heavy atom. The summed E-state index contributed by atoms with van der Waals surface area (Å²) in [6.45, 7) is 0. The summed E-state index contributed by atoms with van der Waals surface area (Å²) in [7, 11) is 0. The van der Waals surface area contributed by atoms with Crippen molar-refractivity contribution in [3.05, 3.63) is 28.8 Å². The molecule has 0 atom stereocenters. The Morgan fingerprint density at radius 2 is 2.27 bits per heavy atom. The number of nitrogens with zero attached hydrogens (tertiary/aromatic N) is 1. The van der Waals surface area contributed by atoms with Gasteiger partial charge in [0.1, 0.15) is 12.2 Å². The van der Waals surface area contributed by atoms with Crippen molar-refractivity contribution in [1.29, 1.82) is 0 Å². The van der Waals surface area contributed by atoms with E-state index in [2.05, 4.69) is 20.9 Å². The minimum atomic E-state index is -0.960. The molecule has 0 radical (unpaired) electrons. The minimum Gasteiger partial charge on any atom is -0.481 e. The smallest absolute Gasteiger partial charge is 0.311 e. The maximum atomic E-state index is 10.4. The third kappa shape index (κ3) is 2.27. The van der Waals surface area contributed by atoms with E-state index in [1.54, 1.807) is 12.1 Å². The van der Waals surface area contributed by atoms with E-state index in [-0.39, 0.29) is 12.3 Å². The van der Waals surface area contributed by atoms with Gasteiger partial charge in [-0.05, 0) is 28.1 Å². The first-order valence-electron chi connectivity index (χ1n) is 4.07. The van der Waals surface area contributed by atoms with Crippen molar-refractivity contribution < 1.29 is 18.7 Å². The minimum absolute atomic E-state index is 0.186. The van der Waals surface area contributed by atoms with Crippen LogP contribution in [0, 0.1) is 0 Å². The third-order valence-electron chi connectivity index (χ3n) is 1.66. The molecule has 0 saturated heterocycles. The van der Waals surface area contributed by atoms with Crippen molar-refractivity contribution in [1.82, 2.24) is 4.98 Å². The number of aromatic nitrogens is 1. The van der Waals surface area contributed by atoms with Crippen molar-refractivity contribution >= 4 is 21.9 Å². The second-order valence-corrected chi connectivity index (χ2v) is 3.59. The van der Waals surface area contributed by atoms with Crippen LogP contribution in [-0.4, -0.2) is 16.1 Å². The van der Waals surface area contributed by atoms with Crippen LogP contribution in [0.2, 0.25) is 0 Å². The van der Waals surface area contributed by atoms with Gasteiger partial charge < -0.3 is 13.9 Å². The zero-order chi connectivity index (χ0) is 10.8. The van der Waals surface area contributed by atoms with Crippen molar-refractivity contribution in [3.8, 4) is 11.7 Å². The van der Waals surface area contributed by atoms with Gasteiger partial charge in [0.2, 0.25) is 0 Å². The summed E-state index contributed by atoms with van der Waals surface area (Å²) >= 11 is 3.15. The topological polar surface area (TPSA) is 76.5 Å². The summed E-state index contributed by atoms with van der Waals surface area (Å²) < 4.78 is 11.0. The van der Waals surface area contributed by atoms with Gasteiger partial charge in [-0.15, -0.1) is 0 Å². The number of oxazole rings is 1. The average Bonchev–Trinajstić information content (AvgIpc) is 2.72. The molecular formula is C9H6BrNO4. The number of carboxylic acid groups (broad SMARTS) is 1. The zero-order valence-electron chi connectivity index (χ0n) is 7.44. The number of carboxylic acids is 1. The number of furan rings is 1. The van der Waals surface area contributed by atoms with Crippen LogP contribution in [0.4, 0.5) is 0 Å². The van der Waals surface area contributed by atoms with Gasteiger partial charge in [0, 0.05) is 0 Å². The number of rotatable bonds is 3. The van der Waals surface area contributed by atoms with Gasteiger partial charge in [-0.1, -0.05) is 0 Å². The molecule has 0 saturated carbocycles. The van der Waals surface area contributed by atoms with Gasteiger partial charge in [-0.2, -0.15) is 0 Å². The lowest BCUT2D eigenvalue weighted by molar-refractivity contribution is -0.136. The Morgan fingerprint density at radius 1 is 1.47 bits per heavy atom. The Bertz CT molecular complexity index is 488. The molecule has 0 aromatic carbocycles. The maximum Gasteiger partial charge on any atom is 0.311 e. The summed E-state index contributed by atoms with van der Waals surface area (Å²) in [5, 5.41) is 8.53. The number of aliphatic carboxylic acids is 1. The molecule has 15 heavy (non-hydrogen) atoms. The highest BCUT2D eigenvalue weighted by Gasteiger charge is 2.12. The van der Waals surface area contributed by atoms with E-state index >= 15 is 0 Å². The van der Waals surface area contributed by atoms with Crippen LogP contribution in [-0.2, 0) is 11.2 Å². The van der Waals surface area contributed by atoms with Gasteiger partial charge >= 0.3 is 5.97 Å². The second kappa shape index (κ2) is 3.90. The molecule has 0 amide bonds. The monoisotopic (exact) mass is 271 g/mol. The molecule has 0 spiro atoms. The van der Waals surface area contributed by atoms with E-state index in [1.807, 2.05) is 0 Å². The largest absolute Gasteiger partial charge is 0.481 e.